The fourth-order valence-electron chi connectivity index (χ4n) is 0.909. The van der Waals surface area contributed by atoms with E-state index in [1.807, 2.05) is 0 Å². The molecule has 0 aliphatic carbocycles. The minimum atomic E-state index is -3.29. The number of hydrogen-bond acceptors (Lipinski definition) is 5. The summed E-state index contributed by atoms with van der Waals surface area (Å²) < 4.78 is 26.2. The van der Waals surface area contributed by atoms with Crippen LogP contribution in [0, 0.1) is 0 Å². The molecule has 1 N–H and O–H groups in total. The van der Waals surface area contributed by atoms with E-state index in [2.05, 4.69) is 4.74 Å². The van der Waals surface area contributed by atoms with Gasteiger partial charge in [-0.25, -0.2) is 0 Å². The predicted octanol–water partition coefficient (Wildman–Crippen LogP) is 2.01. The highest BCUT2D eigenvalue weighted by molar-refractivity contribution is 7.57. The number of hydrogen-bond donors (Lipinski definition) is 1. The van der Waals surface area contributed by atoms with E-state index in [1.54, 1.807) is 13.8 Å². The minimum absolute atomic E-state index is 0.244. The van der Waals surface area contributed by atoms with Crippen LogP contribution in [0.1, 0.15) is 13.8 Å². The van der Waals surface area contributed by atoms with Crippen molar-refractivity contribution in [1.29, 1.82) is 0 Å². The van der Waals surface area contributed by atoms with Crippen LogP contribution in [0.5, 0.6) is 0 Å². The predicted molar refractivity (Wildman–Crippen MR) is 46.4 cm³/mol. The molecule has 13 heavy (non-hydrogen) atoms. The number of ether oxygens (including phenoxy) is 1. The molecular weight excluding hydrogens is 195 g/mol. The Morgan fingerprint density at radius 2 is 1.92 bits per heavy atom. The maximum absolute atomic E-state index is 11.6. The molecule has 0 aromatic rings. The van der Waals surface area contributed by atoms with Crippen LogP contribution in [0.2, 0.25) is 0 Å². The van der Waals surface area contributed by atoms with Crippen LogP contribution in [0.15, 0.2) is 11.8 Å². The summed E-state index contributed by atoms with van der Waals surface area (Å²) in [6, 6.07) is 0. The van der Waals surface area contributed by atoms with Crippen LogP contribution in [0.4, 0.5) is 0 Å². The molecule has 1 rings (SSSR count). The van der Waals surface area contributed by atoms with E-state index in [-0.39, 0.29) is 12.2 Å². The molecule has 6 heteroatoms. The summed E-state index contributed by atoms with van der Waals surface area (Å²) in [4.78, 5) is 0. The van der Waals surface area contributed by atoms with E-state index in [1.165, 1.54) is 7.11 Å². The molecule has 76 valence electrons. The molecule has 0 saturated carbocycles. The van der Waals surface area contributed by atoms with Gasteiger partial charge in [0.15, 0.2) is 0 Å². The normalized spacial score (nSPS) is 40.7. The molecule has 2 unspecified atom stereocenters. The zero-order valence-electron chi connectivity index (χ0n) is 7.76. The van der Waals surface area contributed by atoms with Gasteiger partial charge in [-0.1, -0.05) is 0 Å². The largest absolute Gasteiger partial charge is 0.481 e. The second kappa shape index (κ2) is 3.70. The molecule has 0 amide bonds. The van der Waals surface area contributed by atoms with Gasteiger partial charge >= 0.3 is 7.60 Å². The van der Waals surface area contributed by atoms with Crippen molar-refractivity contribution in [3.8, 4) is 0 Å². The van der Waals surface area contributed by atoms with Gasteiger partial charge in [0.05, 0.1) is 19.3 Å². The van der Waals surface area contributed by atoms with Crippen molar-refractivity contribution in [3.05, 3.63) is 11.8 Å². The third-order valence-electron chi connectivity index (χ3n) is 1.77. The first-order valence-electron chi connectivity index (χ1n) is 3.89. The van der Waals surface area contributed by atoms with Crippen LogP contribution in [-0.2, 0) is 18.3 Å². The van der Waals surface area contributed by atoms with Crippen molar-refractivity contribution in [2.75, 3.05) is 7.11 Å². The second-order valence-corrected chi connectivity index (χ2v) is 4.59. The van der Waals surface area contributed by atoms with Gasteiger partial charge in [-0.15, -0.1) is 0 Å². The molecule has 0 bridgehead atoms. The summed E-state index contributed by atoms with van der Waals surface area (Å²) in [7, 11) is -2.03. The number of methoxy groups -OCH3 is 1. The molecule has 0 radical (unpaired) electrons. The molecule has 1 aliphatic rings. The van der Waals surface area contributed by atoms with Crippen molar-refractivity contribution in [3.63, 3.8) is 0 Å². The second-order valence-electron chi connectivity index (χ2n) is 2.83. The lowest BCUT2D eigenvalue weighted by molar-refractivity contribution is 0.136. The van der Waals surface area contributed by atoms with Gasteiger partial charge in [0, 0.05) is 0 Å². The fourth-order valence-corrected chi connectivity index (χ4v) is 2.73. The highest BCUT2D eigenvalue weighted by atomic mass is 31.2. The van der Waals surface area contributed by atoms with Crippen LogP contribution in [0.3, 0.4) is 0 Å². The van der Waals surface area contributed by atoms with Gasteiger partial charge < -0.3 is 9.84 Å². The Hall–Kier alpha value is -0.510. The van der Waals surface area contributed by atoms with Gasteiger partial charge in [-0.3, -0.25) is 13.6 Å². The summed E-state index contributed by atoms with van der Waals surface area (Å²) in [5.41, 5.74) is 0. The van der Waals surface area contributed by atoms with Crippen LogP contribution in [0.25, 0.3) is 0 Å². The molecule has 1 fully saturated rings. The number of rotatable bonds is 2. The first kappa shape index (κ1) is 10.6. The third kappa shape index (κ3) is 2.46. The van der Waals surface area contributed by atoms with E-state index >= 15 is 0 Å². The molecular formula is C7H13O5P. The summed E-state index contributed by atoms with van der Waals surface area (Å²) in [5.74, 6) is 0.511. The Labute approximate surface area is 76.8 Å². The first-order valence-corrected chi connectivity index (χ1v) is 5.50. The fraction of sp³-hybridized carbons (Fsp3) is 0.714. The number of aliphatic hydroxyl groups is 1. The van der Waals surface area contributed by atoms with E-state index in [9.17, 15) is 4.57 Å². The summed E-state index contributed by atoms with van der Waals surface area (Å²) in [5, 5.41) is 8.96. The van der Waals surface area contributed by atoms with Crippen LogP contribution >= 0.6 is 7.60 Å². The lowest BCUT2D eigenvalue weighted by atomic mass is 10.3. The van der Waals surface area contributed by atoms with Crippen LogP contribution < -0.4 is 0 Å². The lowest BCUT2D eigenvalue weighted by Crippen LogP contribution is -2.13. The van der Waals surface area contributed by atoms with E-state index in [4.69, 9.17) is 14.2 Å². The van der Waals surface area contributed by atoms with Gasteiger partial charge in [0.25, 0.3) is 5.95 Å². The minimum Gasteiger partial charge on any atom is -0.481 e. The summed E-state index contributed by atoms with van der Waals surface area (Å²) in [6.45, 7) is 3.50. The first-order chi connectivity index (χ1) is 5.97. The van der Waals surface area contributed by atoms with E-state index in [0.717, 1.165) is 5.82 Å². The monoisotopic (exact) mass is 208 g/mol. The summed E-state index contributed by atoms with van der Waals surface area (Å²) in [6.07, 6.45) is -0.488. The maximum Gasteiger partial charge on any atom is 0.361 e. The van der Waals surface area contributed by atoms with E-state index < -0.39 is 13.5 Å². The van der Waals surface area contributed by atoms with Gasteiger partial charge in [-0.05, 0) is 13.8 Å². The number of aliphatic hydroxyl groups excluding tert-OH is 1. The van der Waals surface area contributed by atoms with E-state index in [0.29, 0.717) is 0 Å². The average molecular weight is 208 g/mol. The van der Waals surface area contributed by atoms with Gasteiger partial charge in [0.2, 0.25) is 0 Å². The smallest absolute Gasteiger partial charge is 0.361 e. The van der Waals surface area contributed by atoms with Gasteiger partial charge in [-0.2, -0.15) is 0 Å². The third-order valence-corrected chi connectivity index (χ3v) is 3.56. The highest BCUT2D eigenvalue weighted by Crippen LogP contribution is 2.58. The van der Waals surface area contributed by atoms with Crippen LogP contribution in [-0.4, -0.2) is 24.4 Å². The van der Waals surface area contributed by atoms with Crippen molar-refractivity contribution in [2.24, 2.45) is 0 Å². The van der Waals surface area contributed by atoms with Crippen molar-refractivity contribution < 1.29 is 23.5 Å². The Morgan fingerprint density at radius 1 is 1.46 bits per heavy atom. The van der Waals surface area contributed by atoms with Gasteiger partial charge in [0.1, 0.15) is 5.82 Å². The highest BCUT2D eigenvalue weighted by Gasteiger charge is 2.39. The Kier molecular flexibility index (Phi) is 3.01. The zero-order valence-corrected chi connectivity index (χ0v) is 8.65. The molecule has 2 atom stereocenters. The molecule has 0 aromatic heterocycles. The Morgan fingerprint density at radius 3 is 2.31 bits per heavy atom. The molecule has 1 saturated heterocycles. The molecule has 0 aromatic carbocycles. The maximum atomic E-state index is 11.6. The average Bonchev–Trinajstić information content (AvgIpc) is 2.25. The molecule has 1 aliphatic heterocycles. The molecule has 0 spiro atoms. The van der Waals surface area contributed by atoms with Crippen molar-refractivity contribution in [1.82, 2.24) is 0 Å². The Balaban J connectivity index is 2.76. The standard InChI is InChI=1S/C7H13O5P/c1-5-6(2)12-13(9,11-5)4-7(8)10-3/h4-6,8H,1-3H3/b7-4+. The lowest BCUT2D eigenvalue weighted by Gasteiger charge is -2.04. The topological polar surface area (TPSA) is 65.0 Å². The summed E-state index contributed by atoms with van der Waals surface area (Å²) >= 11 is 0. The SMILES string of the molecule is CO/C(O)=C/P1(=O)OC(C)C(C)O1. The zero-order chi connectivity index (χ0) is 10.1. The quantitative estimate of drug-likeness (QED) is 0.555. The van der Waals surface area contributed by atoms with Crippen molar-refractivity contribution in [2.45, 2.75) is 26.1 Å². The molecule has 5 nitrogen and oxygen atoms in total. The van der Waals surface area contributed by atoms with Crippen molar-refractivity contribution >= 4 is 7.60 Å². The Bertz CT molecular complexity index is 248. The molecule has 1 heterocycles.